The van der Waals surface area contributed by atoms with E-state index >= 15 is 0 Å². The number of aromatic nitrogens is 2. The Balaban J connectivity index is 1.87. The van der Waals surface area contributed by atoms with E-state index < -0.39 is 5.91 Å². The molecule has 0 fully saturated rings. The maximum Gasteiger partial charge on any atom is 0.280 e. The van der Waals surface area contributed by atoms with Crippen molar-refractivity contribution in [3.8, 4) is 17.2 Å². The zero-order chi connectivity index (χ0) is 22.9. The molecule has 3 aromatic rings. The molecule has 162 valence electrons. The number of phenols is 2. The third-order valence-corrected chi connectivity index (χ3v) is 4.91. The van der Waals surface area contributed by atoms with Gasteiger partial charge in [0.05, 0.1) is 17.0 Å². The summed E-state index contributed by atoms with van der Waals surface area (Å²) in [5.74, 6) is -1.11. The van der Waals surface area contributed by atoms with Crippen molar-refractivity contribution in [1.82, 2.24) is 15.2 Å². The van der Waals surface area contributed by atoms with Gasteiger partial charge >= 0.3 is 0 Å². The first-order chi connectivity index (χ1) is 14.5. The predicted octanol–water partition coefficient (Wildman–Crippen LogP) is 3.34. The average molecular weight is 422 g/mol. The van der Waals surface area contributed by atoms with Gasteiger partial charge in [0.1, 0.15) is 11.5 Å². The molecule has 1 aromatic heterocycles. The van der Waals surface area contributed by atoms with E-state index in [1.807, 2.05) is 24.3 Å². The van der Waals surface area contributed by atoms with E-state index in [1.165, 1.54) is 16.8 Å². The van der Waals surface area contributed by atoms with Crippen LogP contribution in [0.4, 0.5) is 0 Å². The van der Waals surface area contributed by atoms with Gasteiger partial charge in [-0.3, -0.25) is 14.7 Å². The standard InChI is InChI=1S/C23H26N4O4/c1-13(24-25-21(30)15-10-18(28)12-19(29)11-15)20-14(2)26-27(22(20)31)17-8-6-16(7-9-17)23(3,4)5/h6-12,26,28-29H,1-5H3,(H,25,30). The minimum Gasteiger partial charge on any atom is -0.508 e. The van der Waals surface area contributed by atoms with Crippen LogP contribution in [0.15, 0.2) is 52.4 Å². The molecule has 8 heteroatoms. The number of carbonyl (C=O) groups is 1. The molecule has 0 atom stereocenters. The number of carbonyl (C=O) groups excluding carboxylic acids is 1. The Morgan fingerprint density at radius 2 is 1.65 bits per heavy atom. The quantitative estimate of drug-likeness (QED) is 0.381. The summed E-state index contributed by atoms with van der Waals surface area (Å²) >= 11 is 0. The van der Waals surface area contributed by atoms with Crippen LogP contribution in [0, 0.1) is 6.92 Å². The third-order valence-electron chi connectivity index (χ3n) is 4.91. The number of benzene rings is 2. The second-order valence-corrected chi connectivity index (χ2v) is 8.43. The summed E-state index contributed by atoms with van der Waals surface area (Å²) in [6.07, 6.45) is 0. The normalized spacial score (nSPS) is 12.1. The molecule has 0 aliphatic rings. The summed E-state index contributed by atoms with van der Waals surface area (Å²) in [5.41, 5.74) is 5.23. The van der Waals surface area contributed by atoms with Crippen molar-refractivity contribution < 1.29 is 15.0 Å². The highest BCUT2D eigenvalue weighted by Gasteiger charge is 2.17. The van der Waals surface area contributed by atoms with Gasteiger partial charge in [0.25, 0.3) is 11.5 Å². The summed E-state index contributed by atoms with van der Waals surface area (Å²) in [4.78, 5) is 25.3. The van der Waals surface area contributed by atoms with Crippen molar-refractivity contribution in [3.63, 3.8) is 0 Å². The van der Waals surface area contributed by atoms with Gasteiger partial charge in [-0.2, -0.15) is 5.10 Å². The number of aromatic hydroxyl groups is 2. The van der Waals surface area contributed by atoms with Crippen molar-refractivity contribution in [1.29, 1.82) is 0 Å². The van der Waals surface area contributed by atoms with Crippen molar-refractivity contribution in [2.75, 3.05) is 0 Å². The highest BCUT2D eigenvalue weighted by molar-refractivity contribution is 6.01. The van der Waals surface area contributed by atoms with Crippen molar-refractivity contribution >= 4 is 11.6 Å². The minimum atomic E-state index is -0.628. The van der Waals surface area contributed by atoms with Crippen LogP contribution in [-0.2, 0) is 5.41 Å². The maximum atomic E-state index is 13.0. The Bertz CT molecular complexity index is 1190. The van der Waals surface area contributed by atoms with Crippen LogP contribution in [-0.4, -0.2) is 31.6 Å². The molecule has 0 bridgehead atoms. The number of hydrazone groups is 1. The lowest BCUT2D eigenvalue weighted by Gasteiger charge is -2.19. The molecule has 0 aliphatic carbocycles. The number of phenolic OH excluding ortho intramolecular Hbond substituents is 2. The molecule has 4 N–H and O–H groups in total. The van der Waals surface area contributed by atoms with Gasteiger partial charge in [0, 0.05) is 17.3 Å². The molecule has 2 aromatic carbocycles. The maximum absolute atomic E-state index is 13.0. The van der Waals surface area contributed by atoms with E-state index in [0.717, 1.165) is 11.6 Å². The summed E-state index contributed by atoms with van der Waals surface area (Å²) in [6.45, 7) is 9.74. The number of H-pyrrole nitrogens is 1. The second-order valence-electron chi connectivity index (χ2n) is 8.43. The van der Waals surface area contributed by atoms with Crippen molar-refractivity contribution in [2.45, 2.75) is 40.0 Å². The number of hydrogen-bond acceptors (Lipinski definition) is 5. The van der Waals surface area contributed by atoms with Crippen LogP contribution >= 0.6 is 0 Å². The van der Waals surface area contributed by atoms with Gasteiger partial charge < -0.3 is 10.2 Å². The molecule has 0 aliphatic heterocycles. The van der Waals surface area contributed by atoms with Gasteiger partial charge in [-0.1, -0.05) is 32.9 Å². The van der Waals surface area contributed by atoms with Crippen LogP contribution in [0.25, 0.3) is 5.69 Å². The Kier molecular flexibility index (Phi) is 5.75. The van der Waals surface area contributed by atoms with E-state index in [9.17, 15) is 19.8 Å². The molecule has 8 nitrogen and oxygen atoms in total. The fourth-order valence-electron chi connectivity index (χ4n) is 3.25. The van der Waals surface area contributed by atoms with E-state index in [-0.39, 0.29) is 28.0 Å². The lowest BCUT2D eigenvalue weighted by Crippen LogP contribution is -2.23. The fraction of sp³-hybridized carbons (Fsp3) is 0.261. The van der Waals surface area contributed by atoms with Gasteiger partial charge in [-0.15, -0.1) is 0 Å². The number of hydrogen-bond donors (Lipinski definition) is 4. The van der Waals surface area contributed by atoms with Gasteiger partial charge in [-0.25, -0.2) is 10.1 Å². The molecule has 0 radical (unpaired) electrons. The Morgan fingerprint density at radius 1 is 1.06 bits per heavy atom. The van der Waals surface area contributed by atoms with Gasteiger partial charge in [0.15, 0.2) is 0 Å². The Morgan fingerprint density at radius 3 is 2.19 bits per heavy atom. The molecule has 31 heavy (non-hydrogen) atoms. The van der Waals surface area contributed by atoms with E-state index in [4.69, 9.17) is 0 Å². The summed E-state index contributed by atoms with van der Waals surface area (Å²) in [7, 11) is 0. The number of amides is 1. The third kappa shape index (κ3) is 4.69. The molecule has 0 saturated carbocycles. The molecule has 0 spiro atoms. The number of rotatable bonds is 4. The zero-order valence-corrected chi connectivity index (χ0v) is 18.1. The highest BCUT2D eigenvalue weighted by atomic mass is 16.3. The SMILES string of the molecule is CC(=NNC(=O)c1cc(O)cc(O)c1)c1c(C)[nH]n(-c2ccc(C(C)(C)C)cc2)c1=O. The molecule has 1 heterocycles. The topological polar surface area (TPSA) is 120 Å². The van der Waals surface area contributed by atoms with Crippen LogP contribution in [0.2, 0.25) is 0 Å². The molecule has 0 unspecified atom stereocenters. The van der Waals surface area contributed by atoms with Crippen LogP contribution in [0.1, 0.15) is 54.9 Å². The van der Waals surface area contributed by atoms with Crippen LogP contribution in [0.3, 0.4) is 0 Å². The van der Waals surface area contributed by atoms with Crippen molar-refractivity contribution in [3.05, 3.63) is 75.2 Å². The smallest absolute Gasteiger partial charge is 0.280 e. The largest absolute Gasteiger partial charge is 0.508 e. The fourth-order valence-corrected chi connectivity index (χ4v) is 3.25. The van der Waals surface area contributed by atoms with Gasteiger partial charge in [0.2, 0.25) is 0 Å². The van der Waals surface area contributed by atoms with Crippen LogP contribution in [0.5, 0.6) is 11.5 Å². The number of aryl methyl sites for hydroxylation is 1. The second kappa shape index (κ2) is 8.14. The van der Waals surface area contributed by atoms with Gasteiger partial charge in [-0.05, 0) is 49.1 Å². The number of nitrogens with one attached hydrogen (secondary N) is 2. The zero-order valence-electron chi connectivity index (χ0n) is 18.1. The monoisotopic (exact) mass is 422 g/mol. The highest BCUT2D eigenvalue weighted by Crippen LogP contribution is 2.23. The molecule has 1 amide bonds. The lowest BCUT2D eigenvalue weighted by molar-refractivity contribution is 0.0954. The first kappa shape index (κ1) is 21.9. The van der Waals surface area contributed by atoms with E-state index in [1.54, 1.807) is 13.8 Å². The first-order valence-corrected chi connectivity index (χ1v) is 9.78. The van der Waals surface area contributed by atoms with Crippen molar-refractivity contribution in [2.24, 2.45) is 5.10 Å². The van der Waals surface area contributed by atoms with E-state index in [0.29, 0.717) is 22.7 Å². The minimum absolute atomic E-state index is 0.00803. The number of nitrogens with zero attached hydrogens (tertiary/aromatic N) is 2. The summed E-state index contributed by atoms with van der Waals surface area (Å²) < 4.78 is 1.44. The lowest BCUT2D eigenvalue weighted by atomic mass is 9.87. The molecular formula is C23H26N4O4. The van der Waals surface area contributed by atoms with Crippen LogP contribution < -0.4 is 11.0 Å². The summed E-state index contributed by atoms with van der Waals surface area (Å²) in [5, 5.41) is 26.1. The Labute approximate surface area is 179 Å². The molecule has 3 rings (SSSR count). The Hall–Kier alpha value is -3.81. The predicted molar refractivity (Wildman–Crippen MR) is 119 cm³/mol. The van der Waals surface area contributed by atoms with E-state index in [2.05, 4.69) is 36.4 Å². The molecular weight excluding hydrogens is 396 g/mol. The average Bonchev–Trinajstić information content (AvgIpc) is 2.98. The summed E-state index contributed by atoms with van der Waals surface area (Å²) in [6, 6.07) is 11.3. The molecule has 0 saturated heterocycles. The number of aromatic amines is 1. The first-order valence-electron chi connectivity index (χ1n) is 9.78.